The molecule has 4 rings (SSSR count). The normalized spacial score (nSPS) is 17.3. The van der Waals surface area contributed by atoms with E-state index in [0.29, 0.717) is 23.6 Å². The number of pyridine rings is 1. The maximum Gasteiger partial charge on any atom is 0.405 e. The van der Waals surface area contributed by atoms with Crippen molar-refractivity contribution in [3.63, 3.8) is 0 Å². The Morgan fingerprint density at radius 2 is 2.11 bits per heavy atom. The lowest BCUT2D eigenvalue weighted by Crippen LogP contribution is -2.32. The molecule has 0 aliphatic carbocycles. The molecule has 0 bridgehead atoms. The lowest BCUT2D eigenvalue weighted by Gasteiger charge is -2.22. The van der Waals surface area contributed by atoms with Crippen LogP contribution in [0.15, 0.2) is 35.2 Å². The summed E-state index contributed by atoms with van der Waals surface area (Å²) < 4.78 is 44.4. The van der Waals surface area contributed by atoms with Gasteiger partial charge in [0.2, 0.25) is 11.8 Å². The summed E-state index contributed by atoms with van der Waals surface area (Å²) in [4.78, 5) is 35.7. The number of alkyl halides is 3. The highest BCUT2D eigenvalue weighted by Crippen LogP contribution is 2.41. The highest BCUT2D eigenvalue weighted by molar-refractivity contribution is 7.98. The van der Waals surface area contributed by atoms with E-state index < -0.39 is 24.0 Å². The van der Waals surface area contributed by atoms with Crippen molar-refractivity contribution < 1.29 is 27.2 Å². The van der Waals surface area contributed by atoms with Crippen LogP contribution in [0.1, 0.15) is 24.3 Å². The summed E-state index contributed by atoms with van der Waals surface area (Å²) >= 11 is 1.67. The molecule has 0 saturated carbocycles. The Kier molecular flexibility index (Phi) is 7.22. The van der Waals surface area contributed by atoms with E-state index in [2.05, 4.69) is 25.7 Å². The van der Waals surface area contributed by atoms with Crippen LogP contribution in [0.2, 0.25) is 0 Å². The number of carbonyl (C=O) groups is 2. The molecule has 1 atom stereocenters. The first-order chi connectivity index (χ1) is 17.4. The Balaban J connectivity index is 1.51. The van der Waals surface area contributed by atoms with Gasteiger partial charge in [-0.2, -0.15) is 30.0 Å². The van der Waals surface area contributed by atoms with Crippen LogP contribution < -0.4 is 15.5 Å². The number of nitrogens with one attached hydrogen (secondary N) is 2. The van der Waals surface area contributed by atoms with Crippen LogP contribution in [0, 0.1) is 11.3 Å². The number of hydrogen-bond acceptors (Lipinski definition) is 8. The molecule has 0 spiro atoms. The number of nitrogens with zero attached hydrogens (tertiary/aromatic N) is 5. The fourth-order valence-electron chi connectivity index (χ4n) is 4.01. The zero-order valence-corrected chi connectivity index (χ0v) is 21.4. The van der Waals surface area contributed by atoms with E-state index in [1.54, 1.807) is 29.9 Å². The Hall–Kier alpha value is -3.55. The minimum Gasteiger partial charge on any atom is -0.444 e. The van der Waals surface area contributed by atoms with Gasteiger partial charge in [0.05, 0.1) is 6.20 Å². The summed E-state index contributed by atoms with van der Waals surface area (Å²) in [7, 11) is 1.69. The van der Waals surface area contributed by atoms with E-state index >= 15 is 0 Å². The van der Waals surface area contributed by atoms with Gasteiger partial charge in [0.25, 0.3) is 5.91 Å². The number of carbonyl (C=O) groups excluding carboxylic acids is 2. The standard InChI is InChI=1S/C23H26F3N7O3S/c1-22(2)14(11-37-4)8-33(21(22)35)18-15(9-32(3)31-18)29-19(34)16-10-36-20(30-16)13-5-6-27-17(7-13)28-12-23(24,25)26/h5-7,9-10,14H,8,11-12H2,1-4H3,(H,27,28)(H,29,34). The Morgan fingerprint density at radius 1 is 1.35 bits per heavy atom. The quantitative estimate of drug-likeness (QED) is 0.442. The zero-order valence-electron chi connectivity index (χ0n) is 20.6. The molecule has 2 amide bonds. The highest BCUT2D eigenvalue weighted by atomic mass is 32.2. The van der Waals surface area contributed by atoms with Crippen LogP contribution in [-0.2, 0) is 11.8 Å². The second-order valence-corrected chi connectivity index (χ2v) is 10.1. The second-order valence-electron chi connectivity index (χ2n) is 9.22. The molecule has 1 unspecified atom stereocenters. The minimum absolute atomic E-state index is 0.0167. The summed E-state index contributed by atoms with van der Waals surface area (Å²) in [5.74, 6) is 0.624. The summed E-state index contributed by atoms with van der Waals surface area (Å²) in [6.45, 7) is 3.06. The molecule has 1 fully saturated rings. The number of amides is 2. The molecule has 3 aromatic heterocycles. The number of halogens is 3. The molecule has 14 heteroatoms. The van der Waals surface area contributed by atoms with Crippen LogP contribution in [0.3, 0.4) is 0 Å². The average molecular weight is 538 g/mol. The fraction of sp³-hybridized carbons (Fsp3) is 0.435. The third-order valence-electron chi connectivity index (χ3n) is 6.11. The van der Waals surface area contributed by atoms with Crippen molar-refractivity contribution >= 4 is 40.9 Å². The molecule has 37 heavy (non-hydrogen) atoms. The SMILES string of the molecule is CSCC1CN(c2nn(C)cc2NC(=O)c2coc(-c3ccnc(NCC(F)(F)F)c3)n2)C(=O)C1(C)C. The van der Waals surface area contributed by atoms with E-state index in [1.807, 2.05) is 20.1 Å². The van der Waals surface area contributed by atoms with Gasteiger partial charge >= 0.3 is 6.18 Å². The molecule has 10 nitrogen and oxygen atoms in total. The monoisotopic (exact) mass is 537 g/mol. The van der Waals surface area contributed by atoms with Crippen LogP contribution in [0.5, 0.6) is 0 Å². The van der Waals surface area contributed by atoms with Crippen molar-refractivity contribution in [3.05, 3.63) is 36.5 Å². The van der Waals surface area contributed by atoms with Crippen molar-refractivity contribution in [1.82, 2.24) is 19.7 Å². The molecule has 198 valence electrons. The first-order valence-electron chi connectivity index (χ1n) is 11.3. The van der Waals surface area contributed by atoms with Gasteiger partial charge in [0.1, 0.15) is 24.3 Å². The Bertz CT molecular complexity index is 1300. The maximum absolute atomic E-state index is 13.2. The van der Waals surface area contributed by atoms with Crippen molar-refractivity contribution in [2.75, 3.05) is 40.6 Å². The van der Waals surface area contributed by atoms with E-state index in [9.17, 15) is 22.8 Å². The number of hydrogen-bond donors (Lipinski definition) is 2. The van der Waals surface area contributed by atoms with Gasteiger partial charge in [0, 0.05) is 30.8 Å². The summed E-state index contributed by atoms with van der Waals surface area (Å²) in [5, 5.41) is 9.33. The van der Waals surface area contributed by atoms with Crippen molar-refractivity contribution in [3.8, 4) is 11.5 Å². The third-order valence-corrected chi connectivity index (χ3v) is 6.85. The van der Waals surface area contributed by atoms with E-state index in [4.69, 9.17) is 4.42 Å². The molecule has 1 aliphatic heterocycles. The van der Waals surface area contributed by atoms with Crippen LogP contribution in [0.25, 0.3) is 11.5 Å². The van der Waals surface area contributed by atoms with Crippen LogP contribution in [0.4, 0.5) is 30.5 Å². The molecule has 0 radical (unpaired) electrons. The molecule has 1 aliphatic rings. The predicted octanol–water partition coefficient (Wildman–Crippen LogP) is 4.05. The molecule has 2 N–H and O–H groups in total. The van der Waals surface area contributed by atoms with Crippen molar-refractivity contribution in [2.45, 2.75) is 20.0 Å². The van der Waals surface area contributed by atoms with Gasteiger partial charge < -0.3 is 15.1 Å². The van der Waals surface area contributed by atoms with E-state index in [-0.39, 0.29) is 29.2 Å². The predicted molar refractivity (Wildman–Crippen MR) is 133 cm³/mol. The van der Waals surface area contributed by atoms with Gasteiger partial charge in [-0.3, -0.25) is 19.2 Å². The molecule has 3 aromatic rings. The van der Waals surface area contributed by atoms with Gasteiger partial charge in [-0.25, -0.2) is 9.97 Å². The van der Waals surface area contributed by atoms with Crippen LogP contribution in [-0.4, -0.2) is 62.8 Å². The number of thioether (sulfide) groups is 1. The first-order valence-corrected chi connectivity index (χ1v) is 12.7. The van der Waals surface area contributed by atoms with Gasteiger partial charge in [-0.1, -0.05) is 13.8 Å². The number of rotatable bonds is 8. The van der Waals surface area contributed by atoms with Crippen molar-refractivity contribution in [1.29, 1.82) is 0 Å². The average Bonchev–Trinajstić information content (AvgIpc) is 3.51. The van der Waals surface area contributed by atoms with E-state index in [0.717, 1.165) is 12.0 Å². The summed E-state index contributed by atoms with van der Waals surface area (Å²) in [5.41, 5.74) is 0.0556. The first kappa shape index (κ1) is 26.5. The molecular weight excluding hydrogens is 511 g/mol. The lowest BCUT2D eigenvalue weighted by molar-refractivity contribution is -0.125. The Labute approximate surface area is 215 Å². The largest absolute Gasteiger partial charge is 0.444 e. The number of aromatic nitrogens is 4. The number of aryl methyl sites for hydroxylation is 1. The highest BCUT2D eigenvalue weighted by Gasteiger charge is 2.48. The maximum atomic E-state index is 13.2. The number of anilines is 3. The van der Waals surface area contributed by atoms with E-state index in [1.165, 1.54) is 23.0 Å². The summed E-state index contributed by atoms with van der Waals surface area (Å²) in [6.07, 6.45) is 1.63. The second kappa shape index (κ2) is 10.1. The molecule has 1 saturated heterocycles. The number of oxazole rings is 1. The summed E-state index contributed by atoms with van der Waals surface area (Å²) in [6, 6.07) is 2.83. The molecule has 4 heterocycles. The smallest absolute Gasteiger partial charge is 0.405 e. The van der Waals surface area contributed by atoms with Crippen LogP contribution >= 0.6 is 11.8 Å². The van der Waals surface area contributed by atoms with Gasteiger partial charge in [0.15, 0.2) is 11.5 Å². The lowest BCUT2D eigenvalue weighted by atomic mass is 9.83. The van der Waals surface area contributed by atoms with Crippen molar-refractivity contribution in [2.24, 2.45) is 18.4 Å². The topological polar surface area (TPSA) is 118 Å². The zero-order chi connectivity index (χ0) is 27.0. The third kappa shape index (κ3) is 5.73. The minimum atomic E-state index is -4.40. The van der Waals surface area contributed by atoms with Gasteiger partial charge in [-0.15, -0.1) is 0 Å². The Morgan fingerprint density at radius 3 is 2.81 bits per heavy atom. The molecular formula is C23H26F3N7O3S. The van der Waals surface area contributed by atoms with Gasteiger partial charge in [-0.05, 0) is 30.1 Å². The molecule has 0 aromatic carbocycles. The fourth-order valence-corrected chi connectivity index (χ4v) is 4.94.